The van der Waals surface area contributed by atoms with Gasteiger partial charge in [-0.1, -0.05) is 13.8 Å². The average molecular weight is 254 g/mol. The van der Waals surface area contributed by atoms with Crippen LogP contribution < -0.4 is 5.32 Å². The van der Waals surface area contributed by atoms with Gasteiger partial charge in [0.1, 0.15) is 0 Å². The van der Waals surface area contributed by atoms with Crippen molar-refractivity contribution in [2.45, 2.75) is 39.5 Å². The zero-order chi connectivity index (χ0) is 12.8. The average Bonchev–Trinajstić information content (AvgIpc) is 2.82. The lowest BCUT2D eigenvalue weighted by Gasteiger charge is -2.40. The van der Waals surface area contributed by atoms with E-state index < -0.39 is 0 Å². The Hall–Kier alpha value is -0.120. The molecule has 2 saturated heterocycles. The quantitative estimate of drug-likeness (QED) is 0.786. The summed E-state index contributed by atoms with van der Waals surface area (Å²) in [5.41, 5.74) is 0.372. The van der Waals surface area contributed by atoms with Gasteiger partial charge in [-0.3, -0.25) is 0 Å². The van der Waals surface area contributed by atoms with Crippen LogP contribution in [0.4, 0.5) is 0 Å². The smallest absolute Gasteiger partial charge is 0.0546 e. The molecule has 0 spiro atoms. The zero-order valence-corrected chi connectivity index (χ0v) is 12.2. The Morgan fingerprint density at radius 2 is 2.00 bits per heavy atom. The van der Waals surface area contributed by atoms with Crippen LogP contribution >= 0.6 is 0 Å². The fourth-order valence-corrected chi connectivity index (χ4v) is 3.27. The summed E-state index contributed by atoms with van der Waals surface area (Å²) in [5, 5.41) is 3.66. The summed E-state index contributed by atoms with van der Waals surface area (Å²) < 4.78 is 5.79. The van der Waals surface area contributed by atoms with Gasteiger partial charge < -0.3 is 15.0 Å². The van der Waals surface area contributed by atoms with Crippen LogP contribution in [-0.4, -0.2) is 50.8 Å². The Labute approximate surface area is 112 Å². The fourth-order valence-electron chi connectivity index (χ4n) is 3.27. The van der Waals surface area contributed by atoms with Crippen molar-refractivity contribution >= 4 is 0 Å². The van der Waals surface area contributed by atoms with E-state index >= 15 is 0 Å². The topological polar surface area (TPSA) is 24.5 Å². The number of ether oxygens (including phenoxy) is 1. The van der Waals surface area contributed by atoms with Gasteiger partial charge in [0.25, 0.3) is 0 Å². The number of nitrogens with one attached hydrogen (secondary N) is 1. The third-order valence-electron chi connectivity index (χ3n) is 4.21. The second-order valence-corrected chi connectivity index (χ2v) is 6.66. The SMILES string of the molecule is CC(C)CNCC1(CN2CCCC2)CCCOC1. The number of rotatable bonds is 6. The number of hydrogen-bond acceptors (Lipinski definition) is 3. The van der Waals surface area contributed by atoms with E-state index in [0.29, 0.717) is 5.41 Å². The van der Waals surface area contributed by atoms with E-state index in [0.717, 1.165) is 32.2 Å². The number of hydrogen-bond donors (Lipinski definition) is 1. The van der Waals surface area contributed by atoms with Crippen molar-refractivity contribution in [1.29, 1.82) is 0 Å². The Balaban J connectivity index is 1.84. The Bertz CT molecular complexity index is 231. The minimum atomic E-state index is 0.372. The molecule has 2 aliphatic heterocycles. The standard InChI is InChI=1S/C15H30N2O/c1-14(2)10-16-11-15(6-5-9-18-13-15)12-17-7-3-4-8-17/h14,16H,3-13H2,1-2H3. The summed E-state index contributed by atoms with van der Waals surface area (Å²) >= 11 is 0. The van der Waals surface area contributed by atoms with Crippen LogP contribution in [-0.2, 0) is 4.74 Å². The molecule has 2 heterocycles. The molecule has 0 amide bonds. The predicted molar refractivity (Wildman–Crippen MR) is 75.9 cm³/mol. The second kappa shape index (κ2) is 6.88. The van der Waals surface area contributed by atoms with Crippen molar-refractivity contribution in [3.63, 3.8) is 0 Å². The maximum absolute atomic E-state index is 5.79. The fraction of sp³-hybridized carbons (Fsp3) is 1.00. The van der Waals surface area contributed by atoms with E-state index in [-0.39, 0.29) is 0 Å². The summed E-state index contributed by atoms with van der Waals surface area (Å²) in [6.45, 7) is 12.6. The van der Waals surface area contributed by atoms with Gasteiger partial charge in [-0.05, 0) is 51.2 Å². The van der Waals surface area contributed by atoms with E-state index in [1.807, 2.05) is 0 Å². The molecule has 3 heteroatoms. The molecule has 2 aliphatic rings. The maximum atomic E-state index is 5.79. The van der Waals surface area contributed by atoms with Crippen molar-refractivity contribution in [1.82, 2.24) is 10.2 Å². The highest BCUT2D eigenvalue weighted by molar-refractivity contribution is 4.88. The van der Waals surface area contributed by atoms with Gasteiger partial charge in [-0.25, -0.2) is 0 Å². The first kappa shape index (κ1) is 14.3. The lowest BCUT2D eigenvalue weighted by atomic mass is 9.81. The molecule has 2 fully saturated rings. The first-order valence-corrected chi connectivity index (χ1v) is 7.71. The van der Waals surface area contributed by atoms with Gasteiger partial charge in [-0.15, -0.1) is 0 Å². The largest absolute Gasteiger partial charge is 0.381 e. The molecular formula is C15H30N2O. The zero-order valence-electron chi connectivity index (χ0n) is 12.2. The van der Waals surface area contributed by atoms with Crippen LogP contribution in [0.15, 0.2) is 0 Å². The van der Waals surface area contributed by atoms with E-state index in [2.05, 4.69) is 24.1 Å². The summed E-state index contributed by atoms with van der Waals surface area (Å²) in [6, 6.07) is 0. The van der Waals surface area contributed by atoms with Crippen molar-refractivity contribution in [2.75, 3.05) is 45.9 Å². The van der Waals surface area contributed by atoms with Crippen molar-refractivity contribution < 1.29 is 4.74 Å². The van der Waals surface area contributed by atoms with Crippen LogP contribution in [0.1, 0.15) is 39.5 Å². The van der Waals surface area contributed by atoms with E-state index in [9.17, 15) is 0 Å². The molecule has 106 valence electrons. The van der Waals surface area contributed by atoms with Gasteiger partial charge in [0, 0.05) is 25.1 Å². The lowest BCUT2D eigenvalue weighted by molar-refractivity contribution is -0.0232. The number of nitrogens with zero attached hydrogens (tertiary/aromatic N) is 1. The summed E-state index contributed by atoms with van der Waals surface area (Å²) in [6.07, 6.45) is 5.33. The Morgan fingerprint density at radius 1 is 1.22 bits per heavy atom. The van der Waals surface area contributed by atoms with Crippen LogP contribution in [0.25, 0.3) is 0 Å². The molecule has 0 aromatic heterocycles. The third-order valence-corrected chi connectivity index (χ3v) is 4.21. The van der Waals surface area contributed by atoms with Gasteiger partial charge in [0.15, 0.2) is 0 Å². The van der Waals surface area contributed by atoms with E-state index in [4.69, 9.17) is 4.74 Å². The first-order valence-electron chi connectivity index (χ1n) is 7.71. The molecule has 0 aromatic carbocycles. The molecule has 0 saturated carbocycles. The highest BCUT2D eigenvalue weighted by atomic mass is 16.5. The minimum absolute atomic E-state index is 0.372. The molecule has 1 atom stereocenters. The lowest BCUT2D eigenvalue weighted by Crippen LogP contribution is -2.48. The Kier molecular flexibility index (Phi) is 5.46. The second-order valence-electron chi connectivity index (χ2n) is 6.66. The highest BCUT2D eigenvalue weighted by Gasteiger charge is 2.35. The van der Waals surface area contributed by atoms with E-state index in [1.54, 1.807) is 0 Å². The van der Waals surface area contributed by atoms with Crippen LogP contribution in [0.2, 0.25) is 0 Å². The summed E-state index contributed by atoms with van der Waals surface area (Å²) in [7, 11) is 0. The molecule has 0 aliphatic carbocycles. The predicted octanol–water partition coefficient (Wildman–Crippen LogP) is 2.12. The van der Waals surface area contributed by atoms with Crippen LogP contribution in [0.3, 0.4) is 0 Å². The Morgan fingerprint density at radius 3 is 2.61 bits per heavy atom. The van der Waals surface area contributed by atoms with Crippen molar-refractivity contribution in [2.24, 2.45) is 11.3 Å². The minimum Gasteiger partial charge on any atom is -0.381 e. The monoisotopic (exact) mass is 254 g/mol. The highest BCUT2D eigenvalue weighted by Crippen LogP contribution is 2.30. The molecule has 18 heavy (non-hydrogen) atoms. The molecule has 0 aromatic rings. The molecular weight excluding hydrogens is 224 g/mol. The molecule has 0 bridgehead atoms. The van der Waals surface area contributed by atoms with E-state index in [1.165, 1.54) is 45.3 Å². The van der Waals surface area contributed by atoms with Gasteiger partial charge in [0.05, 0.1) is 6.61 Å². The van der Waals surface area contributed by atoms with Gasteiger partial charge in [-0.2, -0.15) is 0 Å². The van der Waals surface area contributed by atoms with Gasteiger partial charge >= 0.3 is 0 Å². The molecule has 1 N–H and O–H groups in total. The van der Waals surface area contributed by atoms with Crippen molar-refractivity contribution in [3.05, 3.63) is 0 Å². The molecule has 3 nitrogen and oxygen atoms in total. The molecule has 1 unspecified atom stereocenters. The van der Waals surface area contributed by atoms with Crippen molar-refractivity contribution in [3.8, 4) is 0 Å². The number of likely N-dealkylation sites (tertiary alicyclic amines) is 1. The first-order chi connectivity index (χ1) is 8.70. The normalized spacial score (nSPS) is 30.2. The molecule has 2 rings (SSSR count). The summed E-state index contributed by atoms with van der Waals surface area (Å²) in [5.74, 6) is 0.735. The van der Waals surface area contributed by atoms with Crippen LogP contribution in [0, 0.1) is 11.3 Å². The maximum Gasteiger partial charge on any atom is 0.0546 e. The van der Waals surface area contributed by atoms with Crippen LogP contribution in [0.5, 0.6) is 0 Å². The molecule has 0 radical (unpaired) electrons. The van der Waals surface area contributed by atoms with Gasteiger partial charge in [0.2, 0.25) is 0 Å². The summed E-state index contributed by atoms with van der Waals surface area (Å²) in [4.78, 5) is 2.64. The third kappa shape index (κ3) is 4.22.